The summed E-state index contributed by atoms with van der Waals surface area (Å²) >= 11 is 5.76. The van der Waals surface area contributed by atoms with Gasteiger partial charge in [0, 0.05) is 29.8 Å². The number of aromatic hydroxyl groups is 1. The van der Waals surface area contributed by atoms with Crippen molar-refractivity contribution >= 4 is 28.8 Å². The van der Waals surface area contributed by atoms with E-state index in [2.05, 4.69) is 4.99 Å². The number of phenols is 1. The maximum Gasteiger partial charge on any atom is 0.416 e. The van der Waals surface area contributed by atoms with Crippen LogP contribution in [0.2, 0.25) is 5.02 Å². The number of carbonyl (C=O) groups excluding carboxylic acids is 1. The number of halogens is 4. The zero-order valence-electron chi connectivity index (χ0n) is 18.4. The molecule has 0 unspecified atom stereocenters. The topological polar surface area (TPSA) is 58.9 Å². The number of alkyl halides is 3. The number of Topliss-reactive ketones (excluding diaryl/α,β-unsaturated/α-hetero) is 1. The van der Waals surface area contributed by atoms with Gasteiger partial charge in [-0.2, -0.15) is 13.2 Å². The highest BCUT2D eigenvalue weighted by atomic mass is 35.5. The zero-order chi connectivity index (χ0) is 23.9. The van der Waals surface area contributed by atoms with Crippen LogP contribution in [-0.4, -0.2) is 23.7 Å². The van der Waals surface area contributed by atoms with Crippen molar-refractivity contribution in [2.24, 2.45) is 4.99 Å². The lowest BCUT2D eigenvalue weighted by Crippen LogP contribution is -2.07. The van der Waals surface area contributed by atoms with Crippen LogP contribution in [0.5, 0.6) is 5.75 Å². The van der Waals surface area contributed by atoms with Gasteiger partial charge in [-0.05, 0) is 63.1 Å². The Balaban J connectivity index is 0.000000327. The summed E-state index contributed by atoms with van der Waals surface area (Å²) in [4.78, 5) is 15.6. The van der Waals surface area contributed by atoms with Crippen LogP contribution >= 0.6 is 11.6 Å². The van der Waals surface area contributed by atoms with Crippen molar-refractivity contribution in [3.8, 4) is 5.75 Å². The number of aryl methyl sites for hydroxylation is 2. The zero-order valence-corrected chi connectivity index (χ0v) is 19.2. The van der Waals surface area contributed by atoms with Crippen molar-refractivity contribution in [3.63, 3.8) is 0 Å². The summed E-state index contributed by atoms with van der Waals surface area (Å²) in [7, 11) is 1.45. The van der Waals surface area contributed by atoms with Gasteiger partial charge in [0.2, 0.25) is 0 Å². The van der Waals surface area contributed by atoms with Crippen molar-refractivity contribution in [2.45, 2.75) is 53.8 Å². The van der Waals surface area contributed by atoms with E-state index in [0.29, 0.717) is 39.4 Å². The van der Waals surface area contributed by atoms with E-state index in [1.54, 1.807) is 40.7 Å². The molecule has 2 aromatic rings. The summed E-state index contributed by atoms with van der Waals surface area (Å²) in [5, 5.41) is 10.0. The molecule has 0 amide bonds. The summed E-state index contributed by atoms with van der Waals surface area (Å²) in [5.74, 6) is -0.0562. The summed E-state index contributed by atoms with van der Waals surface area (Å²) in [6, 6.07) is 5.33. The first-order valence-corrected chi connectivity index (χ1v) is 9.93. The van der Waals surface area contributed by atoms with Crippen LogP contribution in [0.4, 0.5) is 18.9 Å². The molecule has 0 aromatic heterocycles. The number of phenolic OH excluding ortho intramolecular Hbond substituents is 1. The number of ketones is 1. The second-order valence-corrected chi connectivity index (χ2v) is 7.62. The van der Waals surface area contributed by atoms with Crippen LogP contribution in [0, 0.1) is 13.8 Å². The first-order valence-electron chi connectivity index (χ1n) is 9.55. The van der Waals surface area contributed by atoms with Crippen molar-refractivity contribution in [2.75, 3.05) is 7.11 Å². The second-order valence-electron chi connectivity index (χ2n) is 7.19. The molecule has 170 valence electrons. The fourth-order valence-corrected chi connectivity index (χ4v) is 3.08. The largest absolute Gasteiger partial charge is 0.507 e. The predicted molar refractivity (Wildman–Crippen MR) is 118 cm³/mol. The van der Waals surface area contributed by atoms with Crippen LogP contribution < -0.4 is 0 Å². The number of ether oxygens (including phenoxy) is 1. The van der Waals surface area contributed by atoms with E-state index in [-0.39, 0.29) is 18.1 Å². The Morgan fingerprint density at radius 2 is 1.74 bits per heavy atom. The molecule has 0 spiro atoms. The highest BCUT2D eigenvalue weighted by Crippen LogP contribution is 2.35. The highest BCUT2D eigenvalue weighted by Gasteiger charge is 2.31. The molecule has 31 heavy (non-hydrogen) atoms. The third kappa shape index (κ3) is 7.67. The van der Waals surface area contributed by atoms with Gasteiger partial charge in [0.1, 0.15) is 5.75 Å². The van der Waals surface area contributed by atoms with Crippen LogP contribution in [0.3, 0.4) is 0 Å². The quantitative estimate of drug-likeness (QED) is 0.381. The molecule has 0 atom stereocenters. The average molecular weight is 458 g/mol. The summed E-state index contributed by atoms with van der Waals surface area (Å²) in [5.41, 5.74) is 2.57. The number of nitrogens with zero attached hydrogens (tertiary/aromatic N) is 1. The minimum absolute atomic E-state index is 0.0382. The Hall–Kier alpha value is -2.38. The summed E-state index contributed by atoms with van der Waals surface area (Å²) in [6.07, 6.45) is -3.98. The van der Waals surface area contributed by atoms with Gasteiger partial charge in [0.15, 0.2) is 5.78 Å². The van der Waals surface area contributed by atoms with E-state index in [0.717, 1.165) is 17.8 Å². The Morgan fingerprint density at radius 3 is 2.23 bits per heavy atom. The van der Waals surface area contributed by atoms with E-state index in [9.17, 15) is 23.1 Å². The molecule has 0 aliphatic carbocycles. The van der Waals surface area contributed by atoms with Gasteiger partial charge in [0.05, 0.1) is 23.4 Å². The van der Waals surface area contributed by atoms with E-state index in [1.165, 1.54) is 13.2 Å². The first kappa shape index (κ1) is 26.7. The number of rotatable bonds is 5. The van der Waals surface area contributed by atoms with E-state index in [1.807, 2.05) is 0 Å². The van der Waals surface area contributed by atoms with Gasteiger partial charge in [-0.25, -0.2) is 0 Å². The molecule has 1 N–H and O–H groups in total. The fraction of sp³-hybridized carbons (Fsp3) is 0.391. The summed E-state index contributed by atoms with van der Waals surface area (Å²) < 4.78 is 43.1. The highest BCUT2D eigenvalue weighted by molar-refractivity contribution is 6.31. The molecule has 4 nitrogen and oxygen atoms in total. The van der Waals surface area contributed by atoms with Gasteiger partial charge < -0.3 is 9.84 Å². The second kappa shape index (κ2) is 11.3. The molecule has 0 radical (unpaired) electrons. The van der Waals surface area contributed by atoms with Crippen molar-refractivity contribution in [1.82, 2.24) is 0 Å². The Bertz CT molecular complexity index is 966. The normalized spacial score (nSPS) is 10.9. The van der Waals surface area contributed by atoms with Gasteiger partial charge >= 0.3 is 6.18 Å². The van der Waals surface area contributed by atoms with Crippen molar-refractivity contribution in [1.29, 1.82) is 0 Å². The smallest absolute Gasteiger partial charge is 0.416 e. The predicted octanol–water partition coefficient (Wildman–Crippen LogP) is 7.22. The van der Waals surface area contributed by atoms with Crippen molar-refractivity contribution < 1.29 is 27.8 Å². The molecule has 2 aromatic carbocycles. The maximum absolute atomic E-state index is 12.7. The number of aliphatic imine (C=N–C) groups is 1. The lowest BCUT2D eigenvalue weighted by Gasteiger charge is -2.14. The van der Waals surface area contributed by atoms with Crippen LogP contribution in [0.1, 0.15) is 59.8 Å². The van der Waals surface area contributed by atoms with Crippen LogP contribution in [0.25, 0.3) is 0 Å². The molecule has 0 aliphatic heterocycles. The number of methoxy groups -OCH3 is 1. The van der Waals surface area contributed by atoms with Gasteiger partial charge in [-0.15, -0.1) is 0 Å². The van der Waals surface area contributed by atoms with Gasteiger partial charge in [-0.1, -0.05) is 18.5 Å². The molecule has 2 rings (SSSR count). The monoisotopic (exact) mass is 457 g/mol. The average Bonchev–Trinajstić information content (AvgIpc) is 2.66. The Labute approximate surface area is 185 Å². The van der Waals surface area contributed by atoms with E-state index in [4.69, 9.17) is 16.3 Å². The third-order valence-corrected chi connectivity index (χ3v) is 4.45. The lowest BCUT2D eigenvalue weighted by atomic mass is 10.0. The Morgan fingerprint density at radius 1 is 1.13 bits per heavy atom. The Kier molecular flexibility index (Phi) is 9.72. The van der Waals surface area contributed by atoms with Crippen LogP contribution in [0.15, 0.2) is 29.3 Å². The molecule has 0 saturated carbocycles. The van der Waals surface area contributed by atoms with Gasteiger partial charge in [-0.3, -0.25) is 9.79 Å². The number of carbonyl (C=O) groups is 1. The number of hydrogen-bond acceptors (Lipinski definition) is 4. The molecule has 0 saturated heterocycles. The molecule has 0 fully saturated rings. The van der Waals surface area contributed by atoms with Crippen LogP contribution in [-0.2, 0) is 17.5 Å². The SMILES string of the molecule is CCC(=O)c1cc(Cl)cc(C)c1O.COCc1cc(C(F)(F)F)cc(C)c1N=C(C)C. The summed E-state index contributed by atoms with van der Waals surface area (Å²) in [6.45, 7) is 8.79. The molecular formula is C23H27ClF3NO3. The third-order valence-electron chi connectivity index (χ3n) is 4.23. The fourth-order valence-electron chi connectivity index (χ4n) is 2.80. The first-order chi connectivity index (χ1) is 14.3. The molecule has 8 heteroatoms. The standard InChI is InChI=1S/C13H16F3NO.C10H11ClO2/c1-8(2)17-12-9(3)5-11(13(14,15)16)6-10(12)7-18-4;1-3-9(12)8-5-7(11)4-6(2)10(8)13/h5-6H,7H2,1-4H3;4-5,13H,3H2,1-2H3. The van der Waals surface area contributed by atoms with E-state index < -0.39 is 11.7 Å². The minimum Gasteiger partial charge on any atom is -0.507 e. The molecule has 0 bridgehead atoms. The van der Waals surface area contributed by atoms with Gasteiger partial charge in [0.25, 0.3) is 0 Å². The molecular weight excluding hydrogens is 431 g/mol. The lowest BCUT2D eigenvalue weighted by molar-refractivity contribution is -0.137. The van der Waals surface area contributed by atoms with E-state index >= 15 is 0 Å². The number of benzene rings is 2. The maximum atomic E-state index is 12.7. The van der Waals surface area contributed by atoms with Crippen molar-refractivity contribution in [3.05, 3.63) is 57.1 Å². The minimum atomic E-state index is -4.35. The number of hydrogen-bond donors (Lipinski definition) is 1. The molecule has 0 aliphatic rings. The molecule has 0 heterocycles.